The van der Waals surface area contributed by atoms with Gasteiger partial charge in [0.2, 0.25) is 0 Å². The van der Waals surface area contributed by atoms with Gasteiger partial charge in [0.15, 0.2) is 11.6 Å². The van der Waals surface area contributed by atoms with Gasteiger partial charge in [0.05, 0.1) is 7.11 Å². The number of hydrogen-bond donors (Lipinski definition) is 1. The summed E-state index contributed by atoms with van der Waals surface area (Å²) in [5.74, 6) is -0.644. The van der Waals surface area contributed by atoms with E-state index in [-0.39, 0.29) is 11.6 Å². The molecule has 100 valence electrons. The summed E-state index contributed by atoms with van der Waals surface area (Å²) in [4.78, 5) is 0. The Balaban J connectivity index is 2.10. The Kier molecular flexibility index (Phi) is 4.22. The van der Waals surface area contributed by atoms with Gasteiger partial charge >= 0.3 is 0 Å². The molecule has 0 amide bonds. The maximum absolute atomic E-state index is 13.5. The lowest BCUT2D eigenvalue weighted by Gasteiger charge is -2.09. The molecule has 0 bridgehead atoms. The molecule has 0 saturated heterocycles. The van der Waals surface area contributed by atoms with Gasteiger partial charge in [0.25, 0.3) is 0 Å². The van der Waals surface area contributed by atoms with Gasteiger partial charge in [0.1, 0.15) is 5.82 Å². The van der Waals surface area contributed by atoms with Crippen molar-refractivity contribution in [2.45, 2.75) is 6.54 Å². The number of rotatable bonds is 4. The molecule has 0 heterocycles. The first-order chi connectivity index (χ1) is 9.10. The van der Waals surface area contributed by atoms with E-state index in [1.807, 2.05) is 0 Å². The monoisotopic (exact) mass is 283 g/mol. The zero-order valence-corrected chi connectivity index (χ0v) is 11.0. The molecule has 0 aromatic heterocycles. The van der Waals surface area contributed by atoms with Crippen LogP contribution in [0, 0.1) is 11.6 Å². The van der Waals surface area contributed by atoms with E-state index in [0.717, 1.165) is 0 Å². The van der Waals surface area contributed by atoms with Gasteiger partial charge in [-0.2, -0.15) is 0 Å². The topological polar surface area (TPSA) is 21.3 Å². The second-order valence-electron chi connectivity index (χ2n) is 3.94. The third kappa shape index (κ3) is 3.35. The summed E-state index contributed by atoms with van der Waals surface area (Å²) in [6, 6.07) is 8.63. The SMILES string of the molecule is COc1ccc(NCc2cc(F)ccc2Cl)cc1F. The Hall–Kier alpha value is -1.81. The summed E-state index contributed by atoms with van der Waals surface area (Å²) in [5.41, 5.74) is 1.18. The molecule has 1 N–H and O–H groups in total. The highest BCUT2D eigenvalue weighted by Crippen LogP contribution is 2.22. The molecule has 2 aromatic rings. The third-order valence-corrected chi connectivity index (χ3v) is 3.01. The Morgan fingerprint density at radius 3 is 2.63 bits per heavy atom. The van der Waals surface area contributed by atoms with E-state index in [1.54, 1.807) is 6.07 Å². The predicted octanol–water partition coefficient (Wildman–Crippen LogP) is 4.24. The molecule has 0 radical (unpaired) electrons. The van der Waals surface area contributed by atoms with Crippen LogP contribution in [-0.2, 0) is 6.54 Å². The van der Waals surface area contributed by atoms with E-state index in [2.05, 4.69) is 5.32 Å². The van der Waals surface area contributed by atoms with E-state index in [0.29, 0.717) is 22.8 Å². The third-order valence-electron chi connectivity index (χ3n) is 2.64. The number of nitrogens with one attached hydrogen (secondary N) is 1. The zero-order valence-electron chi connectivity index (χ0n) is 10.2. The number of methoxy groups -OCH3 is 1. The zero-order chi connectivity index (χ0) is 13.8. The van der Waals surface area contributed by atoms with Crippen LogP contribution in [-0.4, -0.2) is 7.11 Å². The van der Waals surface area contributed by atoms with Crippen molar-refractivity contribution in [3.63, 3.8) is 0 Å². The summed E-state index contributed by atoms with van der Waals surface area (Å²) < 4.78 is 31.4. The van der Waals surface area contributed by atoms with Crippen molar-refractivity contribution in [1.29, 1.82) is 0 Å². The van der Waals surface area contributed by atoms with E-state index in [1.165, 1.54) is 37.4 Å². The fraction of sp³-hybridized carbons (Fsp3) is 0.143. The van der Waals surface area contributed by atoms with Crippen LogP contribution in [0.25, 0.3) is 0 Å². The summed E-state index contributed by atoms with van der Waals surface area (Å²) in [5, 5.41) is 3.44. The van der Waals surface area contributed by atoms with Crippen LogP contribution in [0.15, 0.2) is 36.4 Å². The molecular weight excluding hydrogens is 272 g/mol. The summed E-state index contributed by atoms with van der Waals surface area (Å²) >= 11 is 5.94. The van der Waals surface area contributed by atoms with E-state index >= 15 is 0 Å². The van der Waals surface area contributed by atoms with Gasteiger partial charge in [-0.05, 0) is 35.9 Å². The van der Waals surface area contributed by atoms with Gasteiger partial charge < -0.3 is 10.1 Å². The summed E-state index contributed by atoms with van der Waals surface area (Å²) in [7, 11) is 1.40. The van der Waals surface area contributed by atoms with Gasteiger partial charge in [-0.15, -0.1) is 0 Å². The Bertz CT molecular complexity index is 590. The largest absolute Gasteiger partial charge is 0.494 e. The van der Waals surface area contributed by atoms with Crippen molar-refractivity contribution in [2.75, 3.05) is 12.4 Å². The number of hydrogen-bond acceptors (Lipinski definition) is 2. The van der Waals surface area contributed by atoms with Crippen LogP contribution in [0.5, 0.6) is 5.75 Å². The molecule has 0 aliphatic carbocycles. The minimum absolute atomic E-state index is 0.175. The molecule has 0 aliphatic heterocycles. The molecule has 0 aliphatic rings. The van der Waals surface area contributed by atoms with Crippen molar-refractivity contribution < 1.29 is 13.5 Å². The first-order valence-electron chi connectivity index (χ1n) is 5.61. The maximum atomic E-state index is 13.5. The predicted molar refractivity (Wildman–Crippen MR) is 71.7 cm³/mol. The van der Waals surface area contributed by atoms with Crippen molar-refractivity contribution in [3.8, 4) is 5.75 Å². The van der Waals surface area contributed by atoms with Crippen LogP contribution in [0.3, 0.4) is 0 Å². The minimum atomic E-state index is -0.460. The van der Waals surface area contributed by atoms with Gasteiger partial charge in [-0.3, -0.25) is 0 Å². The van der Waals surface area contributed by atoms with Gasteiger partial charge in [-0.1, -0.05) is 11.6 Å². The molecule has 19 heavy (non-hydrogen) atoms. The average molecular weight is 284 g/mol. The quantitative estimate of drug-likeness (QED) is 0.906. The second kappa shape index (κ2) is 5.89. The fourth-order valence-corrected chi connectivity index (χ4v) is 1.84. The first-order valence-corrected chi connectivity index (χ1v) is 5.99. The number of ether oxygens (including phenoxy) is 1. The highest BCUT2D eigenvalue weighted by atomic mass is 35.5. The van der Waals surface area contributed by atoms with E-state index < -0.39 is 5.82 Å². The van der Waals surface area contributed by atoms with Crippen LogP contribution in [0.1, 0.15) is 5.56 Å². The highest BCUT2D eigenvalue weighted by molar-refractivity contribution is 6.31. The minimum Gasteiger partial charge on any atom is -0.494 e. The molecule has 2 rings (SSSR count). The molecule has 2 aromatic carbocycles. The number of anilines is 1. The average Bonchev–Trinajstić information content (AvgIpc) is 2.40. The molecule has 5 heteroatoms. The van der Waals surface area contributed by atoms with Crippen LogP contribution in [0.2, 0.25) is 5.02 Å². The Morgan fingerprint density at radius 2 is 1.95 bits per heavy atom. The van der Waals surface area contributed by atoms with Crippen molar-refractivity contribution in [1.82, 2.24) is 0 Å². The Morgan fingerprint density at radius 1 is 1.16 bits per heavy atom. The standard InChI is InChI=1S/C14H12ClF2NO/c1-19-14-5-3-11(7-13(14)17)18-8-9-6-10(16)2-4-12(9)15/h2-7,18H,8H2,1H3. The fourth-order valence-electron chi connectivity index (χ4n) is 1.65. The van der Waals surface area contributed by atoms with E-state index in [9.17, 15) is 8.78 Å². The van der Waals surface area contributed by atoms with Gasteiger partial charge in [0, 0.05) is 23.3 Å². The normalized spacial score (nSPS) is 10.3. The lowest BCUT2D eigenvalue weighted by atomic mass is 10.2. The summed E-state index contributed by atoms with van der Waals surface area (Å²) in [6.45, 7) is 0.308. The first kappa shape index (κ1) is 13.6. The smallest absolute Gasteiger partial charge is 0.167 e. The molecule has 0 fully saturated rings. The maximum Gasteiger partial charge on any atom is 0.167 e. The van der Waals surface area contributed by atoms with Crippen molar-refractivity contribution >= 4 is 17.3 Å². The number of benzene rings is 2. The molecular formula is C14H12ClF2NO. The highest BCUT2D eigenvalue weighted by Gasteiger charge is 2.05. The lowest BCUT2D eigenvalue weighted by molar-refractivity contribution is 0.386. The van der Waals surface area contributed by atoms with Crippen molar-refractivity contribution in [3.05, 3.63) is 58.6 Å². The lowest BCUT2D eigenvalue weighted by Crippen LogP contribution is -2.01. The second-order valence-corrected chi connectivity index (χ2v) is 4.35. The molecule has 2 nitrogen and oxygen atoms in total. The molecule has 0 atom stereocenters. The van der Waals surface area contributed by atoms with Crippen LogP contribution in [0.4, 0.5) is 14.5 Å². The molecule has 0 unspecified atom stereocenters. The number of halogens is 3. The van der Waals surface area contributed by atoms with Crippen LogP contribution >= 0.6 is 11.6 Å². The van der Waals surface area contributed by atoms with E-state index in [4.69, 9.17) is 16.3 Å². The summed E-state index contributed by atoms with van der Waals surface area (Å²) in [6.07, 6.45) is 0. The van der Waals surface area contributed by atoms with Gasteiger partial charge in [-0.25, -0.2) is 8.78 Å². The molecule has 0 spiro atoms. The molecule has 0 saturated carbocycles. The van der Waals surface area contributed by atoms with Crippen LogP contribution < -0.4 is 10.1 Å². The van der Waals surface area contributed by atoms with Crippen molar-refractivity contribution in [2.24, 2.45) is 0 Å². The Labute approximate surface area is 115 Å².